The van der Waals surface area contributed by atoms with Gasteiger partial charge in [-0.1, -0.05) is 169 Å². The molecule has 0 radical (unpaired) electrons. The zero-order chi connectivity index (χ0) is 39.9. The second kappa shape index (κ2) is 39.8. The largest absolute Gasteiger partial charge is 0.498 e. The zero-order valence-electron chi connectivity index (χ0n) is 38.2. The summed E-state index contributed by atoms with van der Waals surface area (Å²) < 4.78 is 13.1. The first-order valence-electron chi connectivity index (χ1n) is 25.1. The van der Waals surface area contributed by atoms with Crippen LogP contribution in [-0.4, -0.2) is 48.5 Å². The smallest absolute Gasteiger partial charge is 0.0982 e. The molecule has 4 nitrogen and oxygen atoms in total. The SMILES string of the molecule is CC/C=C(\CCCCCCC(C)N(CCO)CCCCCCCC(OCCCCCCCCC)=C1CC1)OC(CCCCCCCC)CCCCCCCC. The lowest BCUT2D eigenvalue weighted by Gasteiger charge is -2.28. The van der Waals surface area contributed by atoms with Crippen LogP contribution in [0.2, 0.25) is 0 Å². The molecule has 1 aliphatic carbocycles. The fourth-order valence-corrected chi connectivity index (χ4v) is 8.25. The van der Waals surface area contributed by atoms with Gasteiger partial charge in [-0.15, -0.1) is 0 Å². The number of unbranched alkanes of at least 4 members (excludes halogenated alkanes) is 23. The van der Waals surface area contributed by atoms with Crippen molar-refractivity contribution < 1.29 is 14.6 Å². The lowest BCUT2D eigenvalue weighted by Crippen LogP contribution is -2.36. The molecular weight excluding hydrogens is 675 g/mol. The van der Waals surface area contributed by atoms with Crippen molar-refractivity contribution in [1.29, 1.82) is 0 Å². The summed E-state index contributed by atoms with van der Waals surface area (Å²) in [6, 6.07) is 0.553. The lowest BCUT2D eigenvalue weighted by atomic mass is 10.0. The highest BCUT2D eigenvalue weighted by atomic mass is 16.5. The van der Waals surface area contributed by atoms with E-state index in [0.29, 0.717) is 12.1 Å². The Morgan fingerprint density at radius 3 is 1.56 bits per heavy atom. The molecule has 1 rings (SSSR count). The van der Waals surface area contributed by atoms with Gasteiger partial charge in [0.2, 0.25) is 0 Å². The molecule has 326 valence electrons. The number of nitrogens with zero attached hydrogens (tertiary/aromatic N) is 1. The molecule has 0 saturated heterocycles. The number of aliphatic hydroxyl groups excluding tert-OH is 1. The summed E-state index contributed by atoms with van der Waals surface area (Å²) in [6.07, 6.45) is 49.8. The first-order chi connectivity index (χ1) is 27.1. The van der Waals surface area contributed by atoms with Gasteiger partial charge in [0, 0.05) is 25.4 Å². The molecule has 0 amide bonds. The van der Waals surface area contributed by atoms with Crippen LogP contribution in [0.1, 0.15) is 266 Å². The summed E-state index contributed by atoms with van der Waals surface area (Å²) in [4.78, 5) is 2.55. The summed E-state index contributed by atoms with van der Waals surface area (Å²) >= 11 is 0. The van der Waals surface area contributed by atoms with Crippen molar-refractivity contribution in [2.45, 2.75) is 278 Å². The maximum atomic E-state index is 9.80. The van der Waals surface area contributed by atoms with Crippen molar-refractivity contribution in [3.8, 4) is 0 Å². The van der Waals surface area contributed by atoms with Crippen LogP contribution >= 0.6 is 0 Å². The van der Waals surface area contributed by atoms with Crippen molar-refractivity contribution in [2.24, 2.45) is 0 Å². The van der Waals surface area contributed by atoms with Gasteiger partial charge < -0.3 is 14.6 Å². The van der Waals surface area contributed by atoms with E-state index >= 15 is 0 Å². The molecule has 0 aromatic heterocycles. The molecule has 1 saturated carbocycles. The van der Waals surface area contributed by atoms with Crippen molar-refractivity contribution in [3.05, 3.63) is 23.2 Å². The molecular formula is C51H99NO3. The van der Waals surface area contributed by atoms with Gasteiger partial charge in [0.05, 0.1) is 30.8 Å². The fourth-order valence-electron chi connectivity index (χ4n) is 8.25. The summed E-state index contributed by atoms with van der Waals surface area (Å²) in [5.74, 6) is 2.63. The second-order valence-corrected chi connectivity index (χ2v) is 17.5. The molecule has 1 aliphatic rings. The average Bonchev–Trinajstić information content (AvgIpc) is 4.03. The van der Waals surface area contributed by atoms with Crippen LogP contribution in [-0.2, 0) is 9.47 Å². The van der Waals surface area contributed by atoms with Crippen LogP contribution in [0, 0.1) is 0 Å². The molecule has 4 heteroatoms. The van der Waals surface area contributed by atoms with E-state index in [9.17, 15) is 5.11 Å². The average molecular weight is 774 g/mol. The van der Waals surface area contributed by atoms with Crippen LogP contribution < -0.4 is 0 Å². The van der Waals surface area contributed by atoms with E-state index < -0.39 is 0 Å². The van der Waals surface area contributed by atoms with E-state index in [2.05, 4.69) is 45.6 Å². The van der Waals surface area contributed by atoms with Gasteiger partial charge in [-0.3, -0.25) is 4.90 Å². The van der Waals surface area contributed by atoms with Crippen LogP contribution in [0.4, 0.5) is 0 Å². The first-order valence-corrected chi connectivity index (χ1v) is 25.1. The number of hydrogen-bond acceptors (Lipinski definition) is 4. The van der Waals surface area contributed by atoms with Crippen LogP contribution in [0.3, 0.4) is 0 Å². The summed E-state index contributed by atoms with van der Waals surface area (Å²) in [5.41, 5.74) is 1.60. The van der Waals surface area contributed by atoms with Gasteiger partial charge in [-0.2, -0.15) is 0 Å². The zero-order valence-corrected chi connectivity index (χ0v) is 38.2. The molecule has 0 heterocycles. The Hall–Kier alpha value is -1.00. The highest BCUT2D eigenvalue weighted by molar-refractivity contribution is 5.21. The van der Waals surface area contributed by atoms with Crippen molar-refractivity contribution in [3.63, 3.8) is 0 Å². The Labute approximate surface area is 345 Å². The molecule has 1 fully saturated rings. The highest BCUT2D eigenvalue weighted by Crippen LogP contribution is 2.34. The molecule has 0 bridgehead atoms. The third kappa shape index (κ3) is 32.6. The fraction of sp³-hybridized carbons (Fsp3) is 0.922. The lowest BCUT2D eigenvalue weighted by molar-refractivity contribution is 0.0877. The van der Waals surface area contributed by atoms with E-state index in [1.54, 1.807) is 5.57 Å². The number of hydrogen-bond donors (Lipinski definition) is 1. The predicted octanol–water partition coefficient (Wildman–Crippen LogP) is 16.3. The van der Waals surface area contributed by atoms with Gasteiger partial charge in [0.1, 0.15) is 0 Å². The van der Waals surface area contributed by atoms with Crippen molar-refractivity contribution in [2.75, 3.05) is 26.3 Å². The normalized spacial score (nSPS) is 13.7. The van der Waals surface area contributed by atoms with E-state index in [1.807, 2.05) is 0 Å². The van der Waals surface area contributed by atoms with Crippen LogP contribution in [0.15, 0.2) is 23.2 Å². The third-order valence-electron chi connectivity index (χ3n) is 12.1. The molecule has 55 heavy (non-hydrogen) atoms. The highest BCUT2D eigenvalue weighted by Gasteiger charge is 2.19. The standard InChI is InChI=1S/C51H99NO3/c1-6-10-13-16-19-27-34-46-54-51(48-41-42-48)40-32-23-20-26-33-43-52(44-45-53)47(5)36-28-24-25-31-37-49(35-9-4)55-50(38-29-21-17-14-11-7-2)39-30-22-18-15-12-8-3/h35,47,50,53H,6-34,36-46H2,1-5H3/b49-35+. The predicted molar refractivity (Wildman–Crippen MR) is 243 cm³/mol. The number of rotatable bonds is 44. The topological polar surface area (TPSA) is 41.9 Å². The van der Waals surface area contributed by atoms with E-state index in [-0.39, 0.29) is 6.61 Å². The van der Waals surface area contributed by atoms with E-state index in [4.69, 9.17) is 9.47 Å². The molecule has 1 atom stereocenters. The Morgan fingerprint density at radius 1 is 0.564 bits per heavy atom. The van der Waals surface area contributed by atoms with Gasteiger partial charge >= 0.3 is 0 Å². The second-order valence-electron chi connectivity index (χ2n) is 17.5. The van der Waals surface area contributed by atoms with Crippen LogP contribution in [0.25, 0.3) is 0 Å². The Morgan fingerprint density at radius 2 is 1.04 bits per heavy atom. The Balaban J connectivity index is 2.27. The molecule has 1 N–H and O–H groups in total. The number of allylic oxidation sites excluding steroid dienone is 4. The minimum atomic E-state index is 0.270. The third-order valence-corrected chi connectivity index (χ3v) is 12.1. The number of ether oxygens (including phenoxy) is 2. The van der Waals surface area contributed by atoms with Gasteiger partial charge in [0.25, 0.3) is 0 Å². The maximum absolute atomic E-state index is 9.80. The first kappa shape index (κ1) is 52.0. The van der Waals surface area contributed by atoms with E-state index in [0.717, 1.165) is 39.0 Å². The molecule has 0 aliphatic heterocycles. The van der Waals surface area contributed by atoms with E-state index in [1.165, 1.54) is 223 Å². The van der Waals surface area contributed by atoms with Gasteiger partial charge in [-0.25, -0.2) is 0 Å². The Bertz CT molecular complexity index is 846. The van der Waals surface area contributed by atoms with Gasteiger partial charge in [0.15, 0.2) is 0 Å². The van der Waals surface area contributed by atoms with Crippen LogP contribution in [0.5, 0.6) is 0 Å². The van der Waals surface area contributed by atoms with Crippen molar-refractivity contribution >= 4 is 0 Å². The summed E-state index contributed by atoms with van der Waals surface area (Å²) in [5, 5.41) is 9.80. The minimum absolute atomic E-state index is 0.270. The maximum Gasteiger partial charge on any atom is 0.0982 e. The molecule has 0 aromatic carbocycles. The number of aliphatic hydroxyl groups is 1. The molecule has 0 spiro atoms. The quantitative estimate of drug-likeness (QED) is 0.0495. The minimum Gasteiger partial charge on any atom is -0.498 e. The molecule has 0 aromatic rings. The Kier molecular flexibility index (Phi) is 37.7. The summed E-state index contributed by atoms with van der Waals surface area (Å²) in [6.45, 7) is 14.7. The molecule has 1 unspecified atom stereocenters. The monoisotopic (exact) mass is 774 g/mol. The van der Waals surface area contributed by atoms with Gasteiger partial charge in [-0.05, 0) is 102 Å². The van der Waals surface area contributed by atoms with Crippen molar-refractivity contribution in [1.82, 2.24) is 4.90 Å². The summed E-state index contributed by atoms with van der Waals surface area (Å²) in [7, 11) is 0.